The van der Waals surface area contributed by atoms with Gasteiger partial charge in [-0.1, -0.05) is 32.9 Å². The number of carbonyl (C=O) groups excluding carboxylic acids is 1. The van der Waals surface area contributed by atoms with Gasteiger partial charge in [0.25, 0.3) is 0 Å². The van der Waals surface area contributed by atoms with Crippen molar-refractivity contribution in [1.29, 1.82) is 0 Å². The van der Waals surface area contributed by atoms with Crippen LogP contribution in [0.4, 0.5) is 4.39 Å². The number of rotatable bonds is 4. The van der Waals surface area contributed by atoms with Crippen LogP contribution >= 0.6 is 0 Å². The van der Waals surface area contributed by atoms with E-state index in [-0.39, 0.29) is 23.4 Å². The smallest absolute Gasteiger partial charge is 0.142 e. The second-order valence-electron chi connectivity index (χ2n) is 4.07. The van der Waals surface area contributed by atoms with E-state index in [1.807, 2.05) is 20.8 Å². The number of hydrogen-bond acceptors (Lipinski definition) is 1. The van der Waals surface area contributed by atoms with Crippen molar-refractivity contribution < 1.29 is 9.18 Å². The zero-order valence-electron chi connectivity index (χ0n) is 9.46. The van der Waals surface area contributed by atoms with Crippen molar-refractivity contribution >= 4 is 5.78 Å². The molecule has 0 aromatic heterocycles. The van der Waals surface area contributed by atoms with E-state index in [1.54, 1.807) is 12.1 Å². The molecule has 0 aliphatic heterocycles. The zero-order chi connectivity index (χ0) is 11.4. The molecule has 0 amide bonds. The quantitative estimate of drug-likeness (QED) is 0.739. The number of carbonyl (C=O) groups is 1. The molecule has 2 heteroatoms. The molecule has 1 atom stereocenters. The van der Waals surface area contributed by atoms with E-state index in [0.717, 1.165) is 12.0 Å². The summed E-state index contributed by atoms with van der Waals surface area (Å²) in [5, 5.41) is 0. The molecule has 0 fully saturated rings. The maximum atomic E-state index is 12.7. The lowest BCUT2D eigenvalue weighted by molar-refractivity contribution is -0.123. The van der Waals surface area contributed by atoms with Gasteiger partial charge in [-0.2, -0.15) is 0 Å². The van der Waals surface area contributed by atoms with Crippen LogP contribution in [0.3, 0.4) is 0 Å². The molecule has 0 bridgehead atoms. The van der Waals surface area contributed by atoms with Gasteiger partial charge in [-0.25, -0.2) is 4.39 Å². The Bertz CT molecular complexity index is 327. The van der Waals surface area contributed by atoms with Crippen molar-refractivity contribution in [3.63, 3.8) is 0 Å². The third kappa shape index (κ3) is 2.88. The van der Waals surface area contributed by atoms with E-state index in [1.165, 1.54) is 12.1 Å². The van der Waals surface area contributed by atoms with Crippen LogP contribution in [0.5, 0.6) is 0 Å². The van der Waals surface area contributed by atoms with Gasteiger partial charge in [0.2, 0.25) is 0 Å². The minimum absolute atomic E-state index is 0.0278. The lowest BCUT2D eigenvalue weighted by Crippen LogP contribution is -2.17. The SMILES string of the molecule is CCC(C(=O)C(C)C)c1ccc(F)cc1. The highest BCUT2D eigenvalue weighted by Gasteiger charge is 2.20. The molecule has 0 spiro atoms. The summed E-state index contributed by atoms with van der Waals surface area (Å²) in [7, 11) is 0. The largest absolute Gasteiger partial charge is 0.299 e. The Hall–Kier alpha value is -1.18. The van der Waals surface area contributed by atoms with Gasteiger partial charge in [0, 0.05) is 11.8 Å². The lowest BCUT2D eigenvalue weighted by Gasteiger charge is -2.16. The van der Waals surface area contributed by atoms with Crippen LogP contribution in [0.2, 0.25) is 0 Å². The minimum Gasteiger partial charge on any atom is -0.299 e. The first-order valence-corrected chi connectivity index (χ1v) is 5.35. The molecule has 1 unspecified atom stereocenters. The predicted octanol–water partition coefficient (Wildman–Crippen LogP) is 3.54. The average Bonchev–Trinajstić information content (AvgIpc) is 2.21. The fourth-order valence-corrected chi connectivity index (χ4v) is 1.70. The van der Waals surface area contributed by atoms with Crippen molar-refractivity contribution in [2.24, 2.45) is 5.92 Å². The van der Waals surface area contributed by atoms with Gasteiger partial charge in [0.05, 0.1) is 0 Å². The van der Waals surface area contributed by atoms with Gasteiger partial charge < -0.3 is 0 Å². The van der Waals surface area contributed by atoms with Crippen LogP contribution in [-0.2, 0) is 4.79 Å². The summed E-state index contributed by atoms with van der Waals surface area (Å²) in [5.74, 6) is -0.0969. The van der Waals surface area contributed by atoms with E-state index >= 15 is 0 Å². The van der Waals surface area contributed by atoms with E-state index in [0.29, 0.717) is 0 Å². The first kappa shape index (κ1) is 11.9. The molecule has 0 heterocycles. The summed E-state index contributed by atoms with van der Waals surface area (Å²) >= 11 is 0. The van der Waals surface area contributed by atoms with Crippen molar-refractivity contribution in [2.75, 3.05) is 0 Å². The molecule has 1 aromatic rings. The number of hydrogen-bond donors (Lipinski definition) is 0. The van der Waals surface area contributed by atoms with Gasteiger partial charge in [0.1, 0.15) is 11.6 Å². The van der Waals surface area contributed by atoms with E-state index in [4.69, 9.17) is 0 Å². The molecule has 0 radical (unpaired) electrons. The molecule has 15 heavy (non-hydrogen) atoms. The molecule has 0 saturated heterocycles. The zero-order valence-corrected chi connectivity index (χ0v) is 9.46. The second-order valence-corrected chi connectivity index (χ2v) is 4.07. The summed E-state index contributed by atoms with van der Waals surface area (Å²) in [4.78, 5) is 11.9. The van der Waals surface area contributed by atoms with Crippen LogP contribution in [-0.4, -0.2) is 5.78 Å². The van der Waals surface area contributed by atoms with Crippen LogP contribution in [0.15, 0.2) is 24.3 Å². The van der Waals surface area contributed by atoms with Gasteiger partial charge in [-0.05, 0) is 24.1 Å². The highest BCUT2D eigenvalue weighted by atomic mass is 19.1. The molecule has 0 aliphatic carbocycles. The molecular weight excluding hydrogens is 191 g/mol. The van der Waals surface area contributed by atoms with E-state index in [2.05, 4.69) is 0 Å². The lowest BCUT2D eigenvalue weighted by atomic mass is 9.87. The van der Waals surface area contributed by atoms with Gasteiger partial charge in [-0.15, -0.1) is 0 Å². The summed E-state index contributed by atoms with van der Waals surface area (Å²) in [6.45, 7) is 5.78. The fourth-order valence-electron chi connectivity index (χ4n) is 1.70. The average molecular weight is 208 g/mol. The van der Waals surface area contributed by atoms with Crippen LogP contribution < -0.4 is 0 Å². The Morgan fingerprint density at radius 2 is 1.80 bits per heavy atom. The van der Waals surface area contributed by atoms with Gasteiger partial charge in [-0.3, -0.25) is 4.79 Å². The Balaban J connectivity index is 2.92. The number of ketones is 1. The van der Waals surface area contributed by atoms with Gasteiger partial charge in [0.15, 0.2) is 0 Å². The second kappa shape index (κ2) is 5.06. The molecule has 1 rings (SSSR count). The molecule has 0 N–H and O–H groups in total. The normalized spacial score (nSPS) is 12.9. The third-order valence-electron chi connectivity index (χ3n) is 2.59. The van der Waals surface area contributed by atoms with Crippen molar-refractivity contribution in [3.8, 4) is 0 Å². The summed E-state index contributed by atoms with van der Waals surface area (Å²) < 4.78 is 12.7. The molecule has 0 aliphatic rings. The molecular formula is C13H17FO. The topological polar surface area (TPSA) is 17.1 Å². The summed E-state index contributed by atoms with van der Waals surface area (Å²) in [6, 6.07) is 6.21. The third-order valence-corrected chi connectivity index (χ3v) is 2.59. The van der Waals surface area contributed by atoms with Crippen molar-refractivity contribution in [2.45, 2.75) is 33.1 Å². The Morgan fingerprint density at radius 1 is 1.27 bits per heavy atom. The first-order chi connectivity index (χ1) is 7.06. The van der Waals surface area contributed by atoms with Crippen LogP contribution in [0, 0.1) is 11.7 Å². The van der Waals surface area contributed by atoms with E-state index in [9.17, 15) is 9.18 Å². The highest BCUT2D eigenvalue weighted by molar-refractivity contribution is 5.87. The first-order valence-electron chi connectivity index (χ1n) is 5.35. The maximum Gasteiger partial charge on any atom is 0.142 e. The molecule has 0 saturated carbocycles. The van der Waals surface area contributed by atoms with Crippen molar-refractivity contribution in [1.82, 2.24) is 0 Å². The van der Waals surface area contributed by atoms with Crippen molar-refractivity contribution in [3.05, 3.63) is 35.6 Å². The maximum absolute atomic E-state index is 12.7. The molecule has 1 aromatic carbocycles. The molecule has 82 valence electrons. The molecule has 1 nitrogen and oxygen atoms in total. The Labute approximate surface area is 90.3 Å². The minimum atomic E-state index is -0.259. The fraction of sp³-hybridized carbons (Fsp3) is 0.462. The van der Waals surface area contributed by atoms with E-state index < -0.39 is 0 Å². The van der Waals surface area contributed by atoms with Crippen LogP contribution in [0.25, 0.3) is 0 Å². The number of Topliss-reactive ketones (excluding diaryl/α,β-unsaturated/α-hetero) is 1. The number of benzene rings is 1. The standard InChI is InChI=1S/C13H17FO/c1-4-12(13(15)9(2)3)10-5-7-11(14)8-6-10/h5-9,12H,4H2,1-3H3. The summed E-state index contributed by atoms with van der Waals surface area (Å²) in [6.07, 6.45) is 0.767. The van der Waals surface area contributed by atoms with Gasteiger partial charge >= 0.3 is 0 Å². The summed E-state index contributed by atoms with van der Waals surface area (Å²) in [5.41, 5.74) is 0.914. The number of halogens is 1. The monoisotopic (exact) mass is 208 g/mol. The predicted molar refractivity (Wildman–Crippen MR) is 59.3 cm³/mol. The Kier molecular flexibility index (Phi) is 4.01. The van der Waals surface area contributed by atoms with Crippen LogP contribution in [0.1, 0.15) is 38.7 Å². The highest BCUT2D eigenvalue weighted by Crippen LogP contribution is 2.23. The Morgan fingerprint density at radius 3 is 2.20 bits per heavy atom.